The summed E-state index contributed by atoms with van der Waals surface area (Å²) < 4.78 is 294. The molecule has 1 N–H and O–H groups in total. The predicted octanol–water partition coefficient (Wildman–Crippen LogP) is 11.4. The fourth-order valence-electron chi connectivity index (χ4n) is 7.97. The summed E-state index contributed by atoms with van der Waals surface area (Å²) in [7, 11) is 2.29. The minimum absolute atomic E-state index is 1.27. The number of rotatable bonds is 18. The Morgan fingerprint density at radius 1 is 0.299 bits per heavy atom. The van der Waals surface area contributed by atoms with Crippen LogP contribution in [0.3, 0.4) is 0 Å². The highest BCUT2D eigenvalue weighted by molar-refractivity contribution is 7.20. The van der Waals surface area contributed by atoms with Crippen molar-refractivity contribution in [2.45, 2.75) is 84.0 Å². The monoisotopic (exact) mass is 983 g/mol. The van der Waals surface area contributed by atoms with Gasteiger partial charge in [-0.1, -0.05) is 89.3 Å². The number of quaternary nitrogens is 1. The molecule has 5 aromatic carbocycles. The van der Waals surface area contributed by atoms with Crippen molar-refractivity contribution in [3.05, 3.63) is 147 Å². The van der Waals surface area contributed by atoms with Crippen molar-refractivity contribution < 1.29 is 92.7 Å². The molecular weight excluding hydrogens is 945 g/mol. The first-order valence-electron chi connectivity index (χ1n) is 20.7. The van der Waals surface area contributed by atoms with Gasteiger partial charge in [-0.3, -0.25) is 0 Å². The summed E-state index contributed by atoms with van der Waals surface area (Å²) in [6.45, 7) is 3.56. The fourth-order valence-corrected chi connectivity index (χ4v) is 7.97. The summed E-state index contributed by atoms with van der Waals surface area (Å²) in [4.78, 5) is 1.55. The van der Waals surface area contributed by atoms with E-state index < -0.39 is 144 Å². The lowest BCUT2D eigenvalue weighted by Gasteiger charge is -2.44. The third kappa shape index (κ3) is 10.6. The van der Waals surface area contributed by atoms with E-state index >= 15 is 35.1 Å². The SMILES string of the molecule is CCCCCCCCCCCCCC[NH+](C)c1ccccc1.Fc1c(F)c(F)c([B-](c2c(F)c(F)c(F)c(F)c2F)(c2c(F)c(F)c(F)c(F)c2F)c2c(F)c(F)c(F)c(F)c2F)c(F)c1F. The standard InChI is InChI=1S/C24BF20.C21H37N/c26-5-1(6(27)14(35)21(42)13(5)34)25(2-7(28)15(36)22(43)16(37)8(2)29,3-9(30)17(38)23(44)18(39)10(3)31)4-11(32)19(40)24(45)20(41)12(4)33;1-3-4-5-6-7-8-9-10-11-12-13-17-20-22(2)21-18-15-14-16-19-21/h;14-16,18-19H,3-13,17,20H2,1-2H3/q-1;/p+1. The molecule has 0 aliphatic heterocycles. The van der Waals surface area contributed by atoms with Gasteiger partial charge in [0.2, 0.25) is 0 Å². The van der Waals surface area contributed by atoms with Gasteiger partial charge in [0, 0.05) is 0 Å². The number of nitrogens with one attached hydrogen (secondary N) is 1. The van der Waals surface area contributed by atoms with Crippen molar-refractivity contribution in [3.8, 4) is 0 Å². The second kappa shape index (κ2) is 23.2. The highest BCUT2D eigenvalue weighted by atomic mass is 19.2. The summed E-state index contributed by atoms with van der Waals surface area (Å²) in [5.41, 5.74) is -12.9. The number of halogens is 20. The second-order valence-electron chi connectivity index (χ2n) is 15.6. The summed E-state index contributed by atoms with van der Waals surface area (Å²) in [5.74, 6) is -71.4. The molecule has 366 valence electrons. The zero-order chi connectivity index (χ0) is 50.2. The van der Waals surface area contributed by atoms with Crippen LogP contribution < -0.4 is 26.8 Å². The maximum Gasteiger partial charge on any atom is 0.200 e. The molecule has 0 bridgehead atoms. The molecule has 0 heterocycles. The normalized spacial score (nSPS) is 12.1. The molecule has 0 spiro atoms. The van der Waals surface area contributed by atoms with Gasteiger partial charge in [0.25, 0.3) is 0 Å². The van der Waals surface area contributed by atoms with Crippen LogP contribution in [-0.2, 0) is 0 Å². The van der Waals surface area contributed by atoms with E-state index in [1.54, 1.807) is 4.90 Å². The Morgan fingerprint density at radius 2 is 0.507 bits per heavy atom. The number of para-hydroxylation sites is 1. The van der Waals surface area contributed by atoms with Gasteiger partial charge in [0.05, 0.1) is 13.6 Å². The summed E-state index contributed by atoms with van der Waals surface area (Å²) in [5, 5.41) is 0. The third-order valence-corrected chi connectivity index (χ3v) is 11.4. The molecule has 0 aliphatic rings. The summed E-state index contributed by atoms with van der Waals surface area (Å²) in [6.07, 6.45) is 9.96. The van der Waals surface area contributed by atoms with E-state index in [0.29, 0.717) is 0 Å². The van der Waals surface area contributed by atoms with Crippen molar-refractivity contribution in [2.75, 3.05) is 13.6 Å². The van der Waals surface area contributed by atoms with Crippen molar-refractivity contribution >= 4 is 33.7 Å². The second-order valence-corrected chi connectivity index (χ2v) is 15.6. The Kier molecular flexibility index (Phi) is 18.8. The maximum atomic E-state index is 15.4. The lowest BCUT2D eigenvalue weighted by Crippen LogP contribution is -3.03. The van der Waals surface area contributed by atoms with Crippen LogP contribution in [0.2, 0.25) is 0 Å². The number of unbranched alkanes of at least 4 members (excludes halogenated alkanes) is 11. The molecule has 0 saturated carbocycles. The van der Waals surface area contributed by atoms with E-state index in [4.69, 9.17) is 0 Å². The highest BCUT2D eigenvalue weighted by Crippen LogP contribution is 2.31. The minimum atomic E-state index is -7.22. The largest absolute Gasteiger partial charge is 0.305 e. The molecule has 0 aromatic heterocycles. The maximum absolute atomic E-state index is 15.4. The van der Waals surface area contributed by atoms with E-state index in [1.165, 1.54) is 89.3 Å². The van der Waals surface area contributed by atoms with Crippen LogP contribution in [0.25, 0.3) is 0 Å². The average molecular weight is 984 g/mol. The van der Waals surface area contributed by atoms with Gasteiger partial charge < -0.3 is 4.90 Å². The molecule has 5 aromatic rings. The van der Waals surface area contributed by atoms with Crippen LogP contribution in [0.1, 0.15) is 84.0 Å². The van der Waals surface area contributed by atoms with Crippen LogP contribution in [0.15, 0.2) is 30.3 Å². The summed E-state index contributed by atoms with van der Waals surface area (Å²) in [6, 6.07) is 10.8. The number of hydrogen-bond donors (Lipinski definition) is 1. The topological polar surface area (TPSA) is 4.44 Å². The number of hydrogen-bond acceptors (Lipinski definition) is 0. The van der Waals surface area contributed by atoms with Crippen LogP contribution >= 0.6 is 0 Å². The zero-order valence-electron chi connectivity index (χ0n) is 35.2. The average Bonchev–Trinajstić information content (AvgIpc) is 3.32. The van der Waals surface area contributed by atoms with E-state index in [0.717, 1.165) is 0 Å². The highest BCUT2D eigenvalue weighted by Gasteiger charge is 2.52. The molecular formula is C45H38BF20N. The minimum Gasteiger partial charge on any atom is -0.305 e. The quantitative estimate of drug-likeness (QED) is 0.0293. The molecule has 1 atom stereocenters. The van der Waals surface area contributed by atoms with Crippen LogP contribution in [0.4, 0.5) is 93.5 Å². The molecule has 0 fully saturated rings. The Morgan fingerprint density at radius 3 is 0.746 bits per heavy atom. The van der Waals surface area contributed by atoms with Gasteiger partial charge >= 0.3 is 0 Å². The first kappa shape index (κ1) is 54.3. The predicted molar refractivity (Wildman–Crippen MR) is 208 cm³/mol. The molecule has 0 aliphatic carbocycles. The lowest BCUT2D eigenvalue weighted by atomic mass is 9.12. The lowest BCUT2D eigenvalue weighted by molar-refractivity contribution is -0.810. The van der Waals surface area contributed by atoms with Gasteiger partial charge in [-0.15, -0.1) is 21.9 Å². The smallest absolute Gasteiger partial charge is 0.200 e. The molecule has 22 heteroatoms. The van der Waals surface area contributed by atoms with Crippen LogP contribution in [-0.4, -0.2) is 19.7 Å². The molecule has 0 radical (unpaired) electrons. The molecule has 0 saturated heterocycles. The summed E-state index contributed by atoms with van der Waals surface area (Å²) >= 11 is 0. The first-order valence-corrected chi connectivity index (χ1v) is 20.7. The van der Waals surface area contributed by atoms with E-state index in [2.05, 4.69) is 44.3 Å². The van der Waals surface area contributed by atoms with Gasteiger partial charge in [0.15, 0.2) is 69.8 Å². The number of benzene rings is 5. The van der Waals surface area contributed by atoms with E-state index in [1.807, 2.05) is 0 Å². The third-order valence-electron chi connectivity index (χ3n) is 11.4. The first-order chi connectivity index (χ1) is 31.5. The van der Waals surface area contributed by atoms with E-state index in [-0.39, 0.29) is 0 Å². The molecule has 1 unspecified atom stereocenters. The zero-order valence-corrected chi connectivity index (χ0v) is 35.2. The van der Waals surface area contributed by atoms with E-state index in [9.17, 15) is 52.7 Å². The van der Waals surface area contributed by atoms with Gasteiger partial charge in [-0.05, 0) is 25.0 Å². The fraction of sp³-hybridized carbons (Fsp3) is 0.333. The Hall–Kier alpha value is -5.28. The molecule has 0 amide bonds. The van der Waals surface area contributed by atoms with Crippen molar-refractivity contribution in [2.24, 2.45) is 0 Å². The molecule has 1 nitrogen and oxygen atoms in total. The van der Waals surface area contributed by atoms with Gasteiger partial charge in [-0.2, -0.15) is 0 Å². The Bertz CT molecular complexity index is 2170. The van der Waals surface area contributed by atoms with Gasteiger partial charge in [-0.25, -0.2) is 87.8 Å². The molecule has 5 rings (SSSR count). The van der Waals surface area contributed by atoms with Crippen molar-refractivity contribution in [1.82, 2.24) is 0 Å². The van der Waals surface area contributed by atoms with Crippen molar-refractivity contribution in [1.29, 1.82) is 0 Å². The van der Waals surface area contributed by atoms with Gasteiger partial charge in [0.1, 0.15) is 58.4 Å². The van der Waals surface area contributed by atoms with Crippen LogP contribution in [0, 0.1) is 116 Å². The van der Waals surface area contributed by atoms with Crippen LogP contribution in [0.5, 0.6) is 0 Å². The Balaban J connectivity index is 0.000000374. The Labute approximate surface area is 370 Å². The molecule has 67 heavy (non-hydrogen) atoms. The van der Waals surface area contributed by atoms with Crippen molar-refractivity contribution in [3.63, 3.8) is 0 Å².